The topological polar surface area (TPSA) is 192 Å². The number of ether oxygens (including phenoxy) is 2. The molecule has 0 saturated heterocycles. The first kappa shape index (κ1) is 56.8. The quantitative estimate of drug-likeness (QED) is 0.0151. The molecule has 0 aromatic rings. The molecule has 0 rings (SSSR count). The Morgan fingerprint density at radius 1 is 0.607 bits per heavy atom. The van der Waals surface area contributed by atoms with E-state index in [1.807, 2.05) is 73.8 Å². The average molecular weight is 872 g/mol. The molecule has 0 heterocycles. The van der Waals surface area contributed by atoms with Crippen LogP contribution < -0.4 is 5.73 Å². The molecule has 0 amide bonds. The standard InChI is InChI=1S/C48H74NO11P/c1-3-5-7-8-9-10-11-12-13-14-15-16-17-18-22-25-28-31-34-38-46(51)57-40-44(41-58-61(55,56)59-42-45(49)48(53)54)60-47(52)39-35-32-29-26-23-20-19-21-24-27-30-33-37-43(50)36-6-4-2/h6,9-10,12-13,15-16,18-20,22,24,26-31,33,36,43-45,50H,3-5,7-8,11,14,17,21,23,25,32,34-35,37-42,49H2,1-2H3,(H,53,54)(H,55,56)/b10-9-,13-12-,16-15-,20-19-,22-18-,27-24-,29-26-,31-28-,33-30+,36-6-/t43?,44-,45+/m1/s1. The van der Waals surface area contributed by atoms with Crippen molar-refractivity contribution in [2.45, 2.75) is 141 Å². The van der Waals surface area contributed by atoms with Crippen molar-refractivity contribution in [3.8, 4) is 0 Å². The molecule has 342 valence electrons. The fraction of sp³-hybridized carbons (Fsp3) is 0.521. The lowest BCUT2D eigenvalue weighted by molar-refractivity contribution is -0.161. The smallest absolute Gasteiger partial charge is 0.472 e. The zero-order valence-electron chi connectivity index (χ0n) is 36.6. The van der Waals surface area contributed by atoms with E-state index in [9.17, 15) is 28.9 Å². The number of rotatable bonds is 38. The van der Waals surface area contributed by atoms with Crippen LogP contribution in [0.4, 0.5) is 0 Å². The van der Waals surface area contributed by atoms with E-state index >= 15 is 0 Å². The highest BCUT2D eigenvalue weighted by molar-refractivity contribution is 7.47. The van der Waals surface area contributed by atoms with Crippen molar-refractivity contribution in [1.29, 1.82) is 0 Å². The fourth-order valence-electron chi connectivity index (χ4n) is 4.87. The van der Waals surface area contributed by atoms with Crippen molar-refractivity contribution in [2.75, 3.05) is 19.8 Å². The van der Waals surface area contributed by atoms with Crippen molar-refractivity contribution in [1.82, 2.24) is 0 Å². The average Bonchev–Trinajstić information content (AvgIpc) is 3.23. The number of phosphoric ester groups is 1. The molecular weight excluding hydrogens is 797 g/mol. The lowest BCUT2D eigenvalue weighted by Crippen LogP contribution is -2.34. The Hall–Kier alpha value is -4.16. The summed E-state index contributed by atoms with van der Waals surface area (Å²) in [7, 11) is -4.77. The second-order valence-electron chi connectivity index (χ2n) is 13.9. The number of aliphatic carboxylic acids is 1. The van der Waals surface area contributed by atoms with Gasteiger partial charge in [0.15, 0.2) is 6.10 Å². The summed E-state index contributed by atoms with van der Waals surface area (Å²) < 4.78 is 32.5. The summed E-state index contributed by atoms with van der Waals surface area (Å²) in [6, 6.07) is -1.55. The van der Waals surface area contributed by atoms with Crippen molar-refractivity contribution in [3.05, 3.63) is 122 Å². The molecule has 0 aliphatic carbocycles. The van der Waals surface area contributed by atoms with Gasteiger partial charge >= 0.3 is 25.7 Å². The van der Waals surface area contributed by atoms with Crippen LogP contribution in [0.3, 0.4) is 0 Å². The van der Waals surface area contributed by atoms with E-state index in [2.05, 4.69) is 60.1 Å². The highest BCUT2D eigenvalue weighted by Gasteiger charge is 2.28. The van der Waals surface area contributed by atoms with Crippen LogP contribution in [0.5, 0.6) is 0 Å². The molecule has 0 bridgehead atoms. The number of carbonyl (C=O) groups excluding carboxylic acids is 2. The van der Waals surface area contributed by atoms with Gasteiger partial charge in [0, 0.05) is 12.8 Å². The van der Waals surface area contributed by atoms with Crippen LogP contribution in [-0.4, -0.2) is 71.1 Å². The minimum Gasteiger partial charge on any atom is -0.480 e. The number of carbonyl (C=O) groups is 3. The maximum atomic E-state index is 12.6. The van der Waals surface area contributed by atoms with E-state index < -0.39 is 63.8 Å². The molecule has 4 atom stereocenters. The Kier molecular flexibility index (Phi) is 38.4. The van der Waals surface area contributed by atoms with Crippen LogP contribution in [0.25, 0.3) is 0 Å². The highest BCUT2D eigenvalue weighted by Crippen LogP contribution is 2.43. The zero-order chi connectivity index (χ0) is 45.1. The third-order valence-electron chi connectivity index (χ3n) is 8.28. The SMILES string of the molecule is CC/C=C\C(O)C/C=C/C=C\C/C=C\C/C=C\CCCC(=O)O[C@H](COC(=O)CC/C=C\C/C=C\C/C=C\C/C=C\C/C=C\CCCCC)COP(=O)(O)OC[C@H](N)C(=O)O. The molecule has 2 unspecified atom stereocenters. The van der Waals surface area contributed by atoms with E-state index in [0.717, 1.165) is 51.4 Å². The largest absolute Gasteiger partial charge is 0.480 e. The van der Waals surface area contributed by atoms with Crippen LogP contribution in [-0.2, 0) is 37.5 Å². The summed E-state index contributed by atoms with van der Waals surface area (Å²) in [5.74, 6) is -2.61. The summed E-state index contributed by atoms with van der Waals surface area (Å²) in [4.78, 5) is 45.9. The third-order valence-corrected chi connectivity index (χ3v) is 9.23. The minimum absolute atomic E-state index is 0.0415. The van der Waals surface area contributed by atoms with Gasteiger partial charge in [-0.3, -0.25) is 23.4 Å². The first-order chi connectivity index (χ1) is 29.5. The van der Waals surface area contributed by atoms with Gasteiger partial charge in [0.1, 0.15) is 12.6 Å². The normalized spacial score (nSPS) is 15.4. The summed E-state index contributed by atoms with van der Waals surface area (Å²) in [5.41, 5.74) is 5.32. The molecule has 0 radical (unpaired) electrons. The van der Waals surface area contributed by atoms with Gasteiger partial charge in [-0.05, 0) is 83.5 Å². The maximum Gasteiger partial charge on any atom is 0.472 e. The Bertz CT molecular complexity index is 1510. The van der Waals surface area contributed by atoms with Crippen LogP contribution >= 0.6 is 7.82 Å². The predicted octanol–water partition coefficient (Wildman–Crippen LogP) is 10.6. The summed E-state index contributed by atoms with van der Waals surface area (Å²) in [6.07, 6.45) is 52.0. The van der Waals surface area contributed by atoms with Crippen LogP contribution in [0.15, 0.2) is 122 Å². The molecule has 0 aromatic carbocycles. The van der Waals surface area contributed by atoms with Gasteiger partial charge in [0.05, 0.1) is 19.3 Å². The lowest BCUT2D eigenvalue weighted by Gasteiger charge is -2.20. The van der Waals surface area contributed by atoms with E-state index in [1.54, 1.807) is 6.08 Å². The van der Waals surface area contributed by atoms with Crippen molar-refractivity contribution < 1.29 is 52.6 Å². The molecule has 0 fully saturated rings. The maximum absolute atomic E-state index is 12.6. The summed E-state index contributed by atoms with van der Waals surface area (Å²) >= 11 is 0. The van der Waals surface area contributed by atoms with E-state index in [4.69, 9.17) is 24.8 Å². The van der Waals surface area contributed by atoms with Crippen LogP contribution in [0.2, 0.25) is 0 Å². The fourth-order valence-corrected chi connectivity index (χ4v) is 5.64. The van der Waals surface area contributed by atoms with Crippen molar-refractivity contribution in [3.63, 3.8) is 0 Å². The molecule has 13 heteroatoms. The number of carboxylic acid groups (broad SMARTS) is 1. The number of carboxylic acids is 1. The molecule has 61 heavy (non-hydrogen) atoms. The monoisotopic (exact) mass is 871 g/mol. The number of hydrogen-bond donors (Lipinski definition) is 4. The molecule has 0 aliphatic rings. The molecular formula is C48H74NO11P. The number of unbranched alkanes of at least 4 members (excludes halogenated alkanes) is 4. The van der Waals surface area contributed by atoms with Gasteiger partial charge < -0.3 is 30.3 Å². The zero-order valence-corrected chi connectivity index (χ0v) is 37.4. The second kappa shape index (κ2) is 41.2. The molecule has 0 aliphatic heterocycles. The Morgan fingerprint density at radius 3 is 1.67 bits per heavy atom. The van der Waals surface area contributed by atoms with Crippen molar-refractivity contribution in [2.24, 2.45) is 5.73 Å². The van der Waals surface area contributed by atoms with Crippen LogP contribution in [0.1, 0.15) is 123 Å². The first-order valence-electron chi connectivity index (χ1n) is 21.7. The molecule has 5 N–H and O–H groups in total. The van der Waals surface area contributed by atoms with Gasteiger partial charge in [-0.2, -0.15) is 0 Å². The lowest BCUT2D eigenvalue weighted by atomic mass is 10.2. The van der Waals surface area contributed by atoms with Gasteiger partial charge in [0.2, 0.25) is 0 Å². The number of aliphatic hydroxyl groups excluding tert-OH is 1. The molecule has 12 nitrogen and oxygen atoms in total. The number of phosphoric acid groups is 1. The number of hydrogen-bond acceptors (Lipinski definition) is 10. The Morgan fingerprint density at radius 2 is 1.11 bits per heavy atom. The number of allylic oxidation sites excluding steroid dienone is 18. The van der Waals surface area contributed by atoms with Gasteiger partial charge in [0.25, 0.3) is 0 Å². The number of nitrogens with two attached hydrogens (primary N) is 1. The van der Waals surface area contributed by atoms with Crippen LogP contribution in [0, 0.1) is 0 Å². The molecule has 0 aromatic heterocycles. The van der Waals surface area contributed by atoms with Gasteiger partial charge in [-0.15, -0.1) is 0 Å². The van der Waals surface area contributed by atoms with Crippen molar-refractivity contribution >= 4 is 25.7 Å². The predicted molar refractivity (Wildman–Crippen MR) is 245 cm³/mol. The van der Waals surface area contributed by atoms with Gasteiger partial charge in [-0.1, -0.05) is 148 Å². The third kappa shape index (κ3) is 41.0. The second-order valence-corrected chi connectivity index (χ2v) is 15.4. The molecule has 0 saturated carbocycles. The highest BCUT2D eigenvalue weighted by atomic mass is 31.2. The molecule has 0 spiro atoms. The van der Waals surface area contributed by atoms with E-state index in [-0.39, 0.29) is 12.8 Å². The minimum atomic E-state index is -4.77. The summed E-state index contributed by atoms with van der Waals surface area (Å²) in [6.45, 7) is 2.37. The summed E-state index contributed by atoms with van der Waals surface area (Å²) in [5, 5.41) is 18.7. The van der Waals surface area contributed by atoms with Gasteiger partial charge in [-0.25, -0.2) is 4.57 Å². The Labute approximate surface area is 365 Å². The Balaban J connectivity index is 4.64. The van der Waals surface area contributed by atoms with E-state index in [1.165, 1.54) is 19.3 Å². The number of aliphatic hydroxyl groups is 1. The first-order valence-corrected chi connectivity index (χ1v) is 23.2. The number of esters is 2. The van der Waals surface area contributed by atoms with E-state index in [0.29, 0.717) is 25.7 Å².